The number of unbranched alkanes of at least 4 members (excludes halogenated alkanes) is 5. The predicted molar refractivity (Wildman–Crippen MR) is 187 cm³/mol. The summed E-state index contributed by atoms with van der Waals surface area (Å²) < 4.78 is 3.18. The van der Waals surface area contributed by atoms with Crippen LogP contribution < -0.4 is 10.2 Å². The number of aromatic nitrogens is 2. The maximum absolute atomic E-state index is 12.6. The first-order valence-corrected chi connectivity index (χ1v) is 16.4. The van der Waals surface area contributed by atoms with Gasteiger partial charge in [0.15, 0.2) is 6.54 Å². The van der Waals surface area contributed by atoms with Crippen LogP contribution in [0.4, 0.5) is 5.69 Å². The second kappa shape index (κ2) is 14.3. The van der Waals surface area contributed by atoms with Gasteiger partial charge in [-0.15, -0.1) is 0 Å². The van der Waals surface area contributed by atoms with Gasteiger partial charge in [0.25, 0.3) is 5.91 Å². The average Bonchev–Trinajstić information content (AvgIpc) is 3.40. The molecule has 0 aliphatic rings. The number of hydrogen-bond acceptors (Lipinski definition) is 3. The summed E-state index contributed by atoms with van der Waals surface area (Å²) in [6.07, 6.45) is 7.96. The quantitative estimate of drug-likeness (QED) is 0.0761. The molecule has 5 rings (SSSR count). The molecule has 232 valence electrons. The first-order valence-electron chi connectivity index (χ1n) is 16.4. The third-order valence-corrected chi connectivity index (χ3v) is 8.83. The topological polar surface area (TPSA) is 50.2 Å². The third-order valence-electron chi connectivity index (χ3n) is 8.83. The van der Waals surface area contributed by atoms with Gasteiger partial charge >= 0.3 is 0 Å². The number of anilines is 1. The minimum atomic E-state index is 0.167. The minimum Gasteiger partial charge on any atom is -0.378 e. The summed E-state index contributed by atoms with van der Waals surface area (Å²) in [7, 11) is 8.49. The van der Waals surface area contributed by atoms with E-state index in [0.29, 0.717) is 6.54 Å². The summed E-state index contributed by atoms with van der Waals surface area (Å²) in [6, 6.07) is 26.2. The summed E-state index contributed by atoms with van der Waals surface area (Å²) in [5.74, 6) is 1.19. The van der Waals surface area contributed by atoms with Crippen molar-refractivity contribution < 1.29 is 9.28 Å². The Balaban J connectivity index is 1.35. The molecule has 5 aromatic rings. The lowest BCUT2D eigenvalue weighted by molar-refractivity contribution is -0.882. The number of fused-ring (bicyclic) bond motifs is 6. The van der Waals surface area contributed by atoms with Gasteiger partial charge in [-0.1, -0.05) is 74.7 Å². The summed E-state index contributed by atoms with van der Waals surface area (Å²) in [5.41, 5.74) is 4.61. The second-order valence-electron chi connectivity index (χ2n) is 13.1. The maximum atomic E-state index is 12.6. The number of rotatable bonds is 15. The molecule has 0 spiro atoms. The first-order chi connectivity index (χ1) is 21.3. The number of aryl methyl sites for hydroxylation is 1. The van der Waals surface area contributed by atoms with Crippen molar-refractivity contribution in [3.05, 3.63) is 72.8 Å². The van der Waals surface area contributed by atoms with E-state index in [1.807, 2.05) is 0 Å². The average molecular weight is 593 g/mol. The molecule has 0 aliphatic heterocycles. The van der Waals surface area contributed by atoms with Gasteiger partial charge in [-0.2, -0.15) is 0 Å². The number of benzene rings is 4. The summed E-state index contributed by atoms with van der Waals surface area (Å²) in [4.78, 5) is 20.0. The molecule has 0 aliphatic carbocycles. The van der Waals surface area contributed by atoms with Crippen LogP contribution in [0.5, 0.6) is 0 Å². The highest BCUT2D eigenvalue weighted by atomic mass is 16.2. The fourth-order valence-corrected chi connectivity index (χ4v) is 6.40. The van der Waals surface area contributed by atoms with Crippen molar-refractivity contribution >= 4 is 44.2 Å². The standard InChI is InChI=1S/C38H49N5O/c1-6-7-8-14-25-39-35(44)28-43(4,5)27-16-9-15-26-42-37-34-20-13-11-18-32(34)31-17-10-12-19-33(31)36(37)40-38(42)29-21-23-30(24-22-29)41(2)3/h10-13,17-24H,6-9,14-16,25-28H2,1-5H3/p+1. The zero-order chi connectivity index (χ0) is 31.1. The summed E-state index contributed by atoms with van der Waals surface area (Å²) in [6.45, 7) is 5.42. The van der Waals surface area contributed by atoms with Crippen LogP contribution in [0.1, 0.15) is 51.9 Å². The Kier molecular flexibility index (Phi) is 10.2. The molecule has 0 radical (unpaired) electrons. The van der Waals surface area contributed by atoms with Crippen molar-refractivity contribution in [3.8, 4) is 11.4 Å². The Hall–Kier alpha value is -3.90. The van der Waals surface area contributed by atoms with Crippen LogP contribution in [-0.4, -0.2) is 67.8 Å². The van der Waals surface area contributed by atoms with E-state index in [1.165, 1.54) is 52.0 Å². The van der Waals surface area contributed by atoms with Crippen molar-refractivity contribution in [2.45, 2.75) is 58.4 Å². The Labute approximate surface area is 263 Å². The molecule has 0 saturated carbocycles. The molecule has 0 atom stereocenters. The second-order valence-corrected chi connectivity index (χ2v) is 13.1. The molecule has 4 aromatic carbocycles. The molecule has 0 fully saturated rings. The highest BCUT2D eigenvalue weighted by Gasteiger charge is 2.21. The molecule has 1 N–H and O–H groups in total. The molecule has 0 saturated heterocycles. The lowest BCUT2D eigenvalue weighted by Gasteiger charge is -2.29. The van der Waals surface area contributed by atoms with Crippen molar-refractivity contribution in [3.63, 3.8) is 0 Å². The smallest absolute Gasteiger partial charge is 0.275 e. The number of amides is 1. The normalized spacial score (nSPS) is 11.9. The number of carbonyl (C=O) groups excluding carboxylic acids is 1. The van der Waals surface area contributed by atoms with Gasteiger partial charge in [-0.25, -0.2) is 4.98 Å². The van der Waals surface area contributed by atoms with Gasteiger partial charge in [0.1, 0.15) is 5.82 Å². The largest absolute Gasteiger partial charge is 0.378 e. The van der Waals surface area contributed by atoms with E-state index < -0.39 is 0 Å². The van der Waals surface area contributed by atoms with Crippen molar-refractivity contribution in [1.29, 1.82) is 0 Å². The molecule has 1 heterocycles. The Morgan fingerprint density at radius 2 is 1.43 bits per heavy atom. The lowest BCUT2D eigenvalue weighted by atomic mass is 10.00. The van der Waals surface area contributed by atoms with Crippen LogP contribution in [0.25, 0.3) is 44.0 Å². The summed E-state index contributed by atoms with van der Waals surface area (Å²) >= 11 is 0. The van der Waals surface area contributed by atoms with Crippen molar-refractivity contribution in [1.82, 2.24) is 14.9 Å². The van der Waals surface area contributed by atoms with Gasteiger partial charge in [0.2, 0.25) is 0 Å². The Morgan fingerprint density at radius 3 is 2.11 bits per heavy atom. The van der Waals surface area contributed by atoms with E-state index in [2.05, 4.69) is 123 Å². The Morgan fingerprint density at radius 1 is 0.795 bits per heavy atom. The Bertz CT molecular complexity index is 1700. The van der Waals surface area contributed by atoms with E-state index in [0.717, 1.165) is 66.7 Å². The van der Waals surface area contributed by atoms with E-state index in [1.54, 1.807) is 0 Å². The molecule has 0 unspecified atom stereocenters. The van der Waals surface area contributed by atoms with Crippen molar-refractivity contribution in [2.75, 3.05) is 52.7 Å². The van der Waals surface area contributed by atoms with Gasteiger partial charge < -0.3 is 19.3 Å². The van der Waals surface area contributed by atoms with Gasteiger partial charge in [-0.05, 0) is 60.7 Å². The van der Waals surface area contributed by atoms with E-state index in [4.69, 9.17) is 4.98 Å². The number of hydrogen-bond donors (Lipinski definition) is 1. The number of carbonyl (C=O) groups is 1. The van der Waals surface area contributed by atoms with Crippen LogP contribution in [0.3, 0.4) is 0 Å². The van der Waals surface area contributed by atoms with Crippen molar-refractivity contribution in [2.24, 2.45) is 0 Å². The van der Waals surface area contributed by atoms with Crippen LogP contribution in [0.15, 0.2) is 72.8 Å². The monoisotopic (exact) mass is 592 g/mol. The number of nitrogens with one attached hydrogen (secondary N) is 1. The van der Waals surface area contributed by atoms with Crippen LogP contribution in [0, 0.1) is 0 Å². The number of imidazole rings is 1. The summed E-state index contributed by atoms with van der Waals surface area (Å²) in [5, 5.41) is 8.10. The molecule has 6 heteroatoms. The number of nitrogens with zero attached hydrogens (tertiary/aromatic N) is 4. The zero-order valence-electron chi connectivity index (χ0n) is 27.4. The maximum Gasteiger partial charge on any atom is 0.275 e. The number of quaternary nitrogens is 1. The molecule has 6 nitrogen and oxygen atoms in total. The van der Waals surface area contributed by atoms with E-state index >= 15 is 0 Å². The highest BCUT2D eigenvalue weighted by molar-refractivity contribution is 6.23. The SMILES string of the molecule is CCCCCCNC(=O)C[N+](C)(C)CCCCCn1c(-c2ccc(N(C)C)cc2)nc2c3ccccc3c3ccccc3c21. The van der Waals surface area contributed by atoms with E-state index in [9.17, 15) is 4.79 Å². The zero-order valence-corrected chi connectivity index (χ0v) is 27.4. The van der Waals surface area contributed by atoms with Crippen LogP contribution in [-0.2, 0) is 11.3 Å². The van der Waals surface area contributed by atoms with E-state index in [-0.39, 0.29) is 5.91 Å². The van der Waals surface area contributed by atoms with Gasteiger partial charge in [0.05, 0.1) is 31.7 Å². The molecule has 44 heavy (non-hydrogen) atoms. The fraction of sp³-hybridized carbons (Fsp3) is 0.421. The molecule has 1 aromatic heterocycles. The molecule has 0 bridgehead atoms. The molecule has 1 amide bonds. The minimum absolute atomic E-state index is 0.167. The number of likely N-dealkylation sites (N-methyl/N-ethyl adjacent to an activating group) is 1. The van der Waals surface area contributed by atoms with Gasteiger partial charge in [-0.3, -0.25) is 4.79 Å². The first kappa shape index (κ1) is 31.5. The molecular formula is C38H50N5O+. The fourth-order valence-electron chi connectivity index (χ4n) is 6.40. The van der Waals surface area contributed by atoms with Crippen LogP contribution >= 0.6 is 0 Å². The third kappa shape index (κ3) is 7.24. The molecular weight excluding hydrogens is 542 g/mol. The lowest BCUT2D eigenvalue weighted by Crippen LogP contribution is -2.48. The predicted octanol–water partition coefficient (Wildman–Crippen LogP) is 8.02. The van der Waals surface area contributed by atoms with Gasteiger partial charge in [0, 0.05) is 49.2 Å². The van der Waals surface area contributed by atoms with Crippen LogP contribution in [0.2, 0.25) is 0 Å². The highest BCUT2D eigenvalue weighted by Crippen LogP contribution is 2.37.